The molecule has 3 rings (SSSR count). The molecule has 0 saturated heterocycles. The quantitative estimate of drug-likeness (QED) is 0.798. The Kier molecular flexibility index (Phi) is 3.39. The zero-order valence-corrected chi connectivity index (χ0v) is 11.4. The monoisotopic (exact) mass is 288 g/mol. The molecule has 0 spiro atoms. The molecule has 1 aromatic carbocycles. The van der Waals surface area contributed by atoms with Gasteiger partial charge in [0.15, 0.2) is 0 Å². The summed E-state index contributed by atoms with van der Waals surface area (Å²) in [6, 6.07) is 10.9. The van der Waals surface area contributed by atoms with E-state index in [0.29, 0.717) is 17.7 Å². The molecule has 3 aromatic rings. The van der Waals surface area contributed by atoms with Crippen molar-refractivity contribution >= 4 is 27.5 Å². The molecule has 1 N–H and O–H groups in total. The average Bonchev–Trinajstić information content (AvgIpc) is 3.07. The molecule has 2 aromatic heterocycles. The summed E-state index contributed by atoms with van der Waals surface area (Å²) in [7, 11) is 0. The van der Waals surface area contributed by atoms with Crippen molar-refractivity contribution in [3.63, 3.8) is 0 Å². The Labute approximate surface area is 118 Å². The van der Waals surface area contributed by atoms with Crippen LogP contribution in [0.4, 0.5) is 0 Å². The zero-order chi connectivity index (χ0) is 13.9. The van der Waals surface area contributed by atoms with Crippen LogP contribution in [0.2, 0.25) is 0 Å². The first kappa shape index (κ1) is 12.7. The van der Waals surface area contributed by atoms with Crippen LogP contribution in [0.15, 0.2) is 51.9 Å². The molecule has 0 saturated carbocycles. The number of fused-ring (bicyclic) bond motifs is 1. The topological polar surface area (TPSA) is 64.2 Å². The lowest BCUT2D eigenvalue weighted by molar-refractivity contribution is -0.121. The first-order valence-corrected chi connectivity index (χ1v) is 6.89. The van der Waals surface area contributed by atoms with E-state index < -0.39 is 0 Å². The number of hydrogen-bond donors (Lipinski definition) is 1. The van der Waals surface area contributed by atoms with Gasteiger partial charge in [-0.3, -0.25) is 13.5 Å². The molecule has 0 aliphatic carbocycles. The molecule has 0 bridgehead atoms. The van der Waals surface area contributed by atoms with E-state index in [1.54, 1.807) is 24.5 Å². The third-order valence-electron chi connectivity index (χ3n) is 2.88. The Balaban J connectivity index is 1.71. The largest absolute Gasteiger partial charge is 0.467 e. The maximum Gasteiger partial charge on any atom is 0.268 e. The standard InChI is InChI=1S/C14H12N2O3S/c17-13(15-8-10-4-3-7-19-10)9-16-14(18)11-5-1-2-6-12(11)20-16/h1-7H,8-9H2,(H,15,17). The molecular formula is C14H12N2O3S. The predicted octanol–water partition coefficient (Wildman–Crippen LogP) is 1.97. The SMILES string of the molecule is O=C(Cn1sc2ccccc2c1=O)NCc1ccco1. The molecule has 0 fully saturated rings. The third-order valence-corrected chi connectivity index (χ3v) is 3.95. The van der Waals surface area contributed by atoms with Crippen LogP contribution in [0.1, 0.15) is 5.76 Å². The lowest BCUT2D eigenvalue weighted by Crippen LogP contribution is -2.29. The fraction of sp³-hybridized carbons (Fsp3) is 0.143. The van der Waals surface area contributed by atoms with Gasteiger partial charge in [-0.1, -0.05) is 23.7 Å². The Morgan fingerprint density at radius 3 is 2.85 bits per heavy atom. The Bertz CT molecular complexity index is 786. The highest BCUT2D eigenvalue weighted by Crippen LogP contribution is 2.15. The molecule has 1 amide bonds. The second-order valence-corrected chi connectivity index (χ2v) is 5.35. The second kappa shape index (κ2) is 5.34. The molecule has 0 aliphatic heterocycles. The number of benzene rings is 1. The normalized spacial score (nSPS) is 10.8. The first-order valence-electron chi connectivity index (χ1n) is 6.12. The van der Waals surface area contributed by atoms with E-state index in [2.05, 4.69) is 5.32 Å². The van der Waals surface area contributed by atoms with Gasteiger partial charge in [-0.2, -0.15) is 0 Å². The van der Waals surface area contributed by atoms with Crippen molar-refractivity contribution in [3.05, 3.63) is 58.8 Å². The van der Waals surface area contributed by atoms with E-state index in [1.807, 2.05) is 18.2 Å². The first-order chi connectivity index (χ1) is 9.74. The zero-order valence-electron chi connectivity index (χ0n) is 10.5. The van der Waals surface area contributed by atoms with Gasteiger partial charge in [-0.25, -0.2) is 0 Å². The highest BCUT2D eigenvalue weighted by Gasteiger charge is 2.10. The minimum atomic E-state index is -0.213. The van der Waals surface area contributed by atoms with Crippen LogP contribution in [-0.4, -0.2) is 9.86 Å². The van der Waals surface area contributed by atoms with Crippen LogP contribution in [0.5, 0.6) is 0 Å². The number of carbonyl (C=O) groups is 1. The van der Waals surface area contributed by atoms with E-state index in [4.69, 9.17) is 4.42 Å². The number of nitrogens with zero attached hydrogens (tertiary/aromatic N) is 1. The highest BCUT2D eigenvalue weighted by molar-refractivity contribution is 7.13. The van der Waals surface area contributed by atoms with Crippen molar-refractivity contribution in [1.82, 2.24) is 9.27 Å². The predicted molar refractivity (Wildman–Crippen MR) is 76.6 cm³/mol. The summed E-state index contributed by atoms with van der Waals surface area (Å²) < 4.78 is 7.47. The van der Waals surface area contributed by atoms with Crippen LogP contribution < -0.4 is 10.9 Å². The van der Waals surface area contributed by atoms with Crippen LogP contribution in [0.25, 0.3) is 10.1 Å². The Morgan fingerprint density at radius 1 is 1.25 bits per heavy atom. The van der Waals surface area contributed by atoms with Gasteiger partial charge in [0.05, 0.1) is 22.9 Å². The van der Waals surface area contributed by atoms with Crippen LogP contribution in [-0.2, 0) is 17.9 Å². The fourth-order valence-electron chi connectivity index (χ4n) is 1.91. The molecule has 2 heterocycles. The highest BCUT2D eigenvalue weighted by atomic mass is 32.1. The number of rotatable bonds is 4. The lowest BCUT2D eigenvalue weighted by atomic mass is 10.3. The van der Waals surface area contributed by atoms with Gasteiger partial charge < -0.3 is 9.73 Å². The van der Waals surface area contributed by atoms with Crippen LogP contribution >= 0.6 is 11.5 Å². The summed E-state index contributed by atoms with van der Waals surface area (Å²) in [4.78, 5) is 23.9. The number of hydrogen-bond acceptors (Lipinski definition) is 4. The second-order valence-electron chi connectivity index (χ2n) is 4.29. The molecule has 102 valence electrons. The van der Waals surface area contributed by atoms with Gasteiger partial charge in [-0.15, -0.1) is 0 Å². The van der Waals surface area contributed by atoms with Gasteiger partial charge in [-0.05, 0) is 24.3 Å². The minimum Gasteiger partial charge on any atom is -0.467 e. The summed E-state index contributed by atoms with van der Waals surface area (Å²) in [6.45, 7) is 0.352. The summed E-state index contributed by atoms with van der Waals surface area (Å²) in [6.07, 6.45) is 1.55. The number of carbonyl (C=O) groups excluding carboxylic acids is 1. The molecule has 0 aliphatic rings. The van der Waals surface area contributed by atoms with Gasteiger partial charge in [0, 0.05) is 0 Å². The molecule has 0 unspecified atom stereocenters. The summed E-state index contributed by atoms with van der Waals surface area (Å²) in [5.74, 6) is 0.470. The van der Waals surface area contributed by atoms with Gasteiger partial charge >= 0.3 is 0 Å². The van der Waals surface area contributed by atoms with Crippen molar-refractivity contribution in [1.29, 1.82) is 0 Å². The summed E-state index contributed by atoms with van der Waals surface area (Å²) >= 11 is 1.30. The van der Waals surface area contributed by atoms with Crippen LogP contribution in [0.3, 0.4) is 0 Å². The minimum absolute atomic E-state index is 0.0267. The molecule has 5 nitrogen and oxygen atoms in total. The molecule has 0 radical (unpaired) electrons. The van der Waals surface area contributed by atoms with Gasteiger partial charge in [0.1, 0.15) is 12.3 Å². The van der Waals surface area contributed by atoms with Crippen molar-refractivity contribution in [2.75, 3.05) is 0 Å². The number of aromatic nitrogens is 1. The summed E-state index contributed by atoms with van der Waals surface area (Å²) in [5.41, 5.74) is -0.126. The Morgan fingerprint density at radius 2 is 2.10 bits per heavy atom. The summed E-state index contributed by atoms with van der Waals surface area (Å²) in [5, 5.41) is 3.37. The lowest BCUT2D eigenvalue weighted by Gasteiger charge is -2.02. The van der Waals surface area contributed by atoms with Crippen molar-refractivity contribution in [2.24, 2.45) is 0 Å². The van der Waals surface area contributed by atoms with E-state index in [1.165, 1.54) is 15.5 Å². The van der Waals surface area contributed by atoms with Crippen molar-refractivity contribution < 1.29 is 9.21 Å². The number of nitrogens with one attached hydrogen (secondary N) is 1. The molecule has 0 atom stereocenters. The van der Waals surface area contributed by atoms with Crippen LogP contribution in [0, 0.1) is 0 Å². The smallest absolute Gasteiger partial charge is 0.268 e. The van der Waals surface area contributed by atoms with Crippen molar-refractivity contribution in [3.8, 4) is 0 Å². The third kappa shape index (κ3) is 2.50. The molecular weight excluding hydrogens is 276 g/mol. The molecule has 20 heavy (non-hydrogen) atoms. The average molecular weight is 288 g/mol. The fourth-order valence-corrected chi connectivity index (χ4v) is 2.90. The van der Waals surface area contributed by atoms with E-state index in [9.17, 15) is 9.59 Å². The van der Waals surface area contributed by atoms with Crippen molar-refractivity contribution in [2.45, 2.75) is 13.1 Å². The maximum atomic E-state index is 12.1. The van der Waals surface area contributed by atoms with Gasteiger partial charge in [0.2, 0.25) is 5.91 Å². The van der Waals surface area contributed by atoms with E-state index >= 15 is 0 Å². The van der Waals surface area contributed by atoms with E-state index in [0.717, 1.165) is 4.70 Å². The maximum absolute atomic E-state index is 12.1. The number of amides is 1. The van der Waals surface area contributed by atoms with Gasteiger partial charge in [0.25, 0.3) is 5.56 Å². The number of furan rings is 1. The van der Waals surface area contributed by atoms with E-state index in [-0.39, 0.29) is 18.0 Å². The molecule has 6 heteroatoms. The Hall–Kier alpha value is -2.34.